The third kappa shape index (κ3) is 4.29. The van der Waals surface area contributed by atoms with E-state index in [1.807, 2.05) is 18.2 Å². The maximum absolute atomic E-state index is 12.2. The van der Waals surface area contributed by atoms with Gasteiger partial charge in [-0.3, -0.25) is 4.79 Å². The Kier molecular flexibility index (Phi) is 5.56. The predicted octanol–water partition coefficient (Wildman–Crippen LogP) is 3.44. The zero-order valence-electron chi connectivity index (χ0n) is 12.4. The van der Waals surface area contributed by atoms with Crippen molar-refractivity contribution in [1.29, 1.82) is 0 Å². The van der Waals surface area contributed by atoms with Crippen molar-refractivity contribution in [3.63, 3.8) is 0 Å². The maximum Gasteiger partial charge on any atom is 0.233 e. The van der Waals surface area contributed by atoms with E-state index in [0.29, 0.717) is 10.8 Å². The summed E-state index contributed by atoms with van der Waals surface area (Å²) in [5, 5.41) is 13.3. The Morgan fingerprint density at radius 3 is 2.77 bits per heavy atom. The van der Waals surface area contributed by atoms with Gasteiger partial charge in [0.1, 0.15) is 11.4 Å². The molecule has 2 aromatic rings. The van der Waals surface area contributed by atoms with Crippen LogP contribution in [0.15, 0.2) is 52.0 Å². The molecule has 0 fully saturated rings. The van der Waals surface area contributed by atoms with Crippen molar-refractivity contribution >= 4 is 29.3 Å². The highest BCUT2D eigenvalue weighted by atomic mass is 35.5. The van der Waals surface area contributed by atoms with Crippen LogP contribution in [0.2, 0.25) is 5.02 Å². The van der Waals surface area contributed by atoms with E-state index in [0.717, 1.165) is 4.90 Å². The molecule has 1 aromatic heterocycles. The van der Waals surface area contributed by atoms with Crippen molar-refractivity contribution in [3.05, 3.63) is 53.4 Å². The second kappa shape index (κ2) is 7.22. The predicted molar refractivity (Wildman–Crippen MR) is 88.1 cm³/mol. The summed E-state index contributed by atoms with van der Waals surface area (Å²) in [7, 11) is 0. The van der Waals surface area contributed by atoms with Gasteiger partial charge in [0, 0.05) is 4.90 Å². The molecule has 0 bridgehead atoms. The lowest BCUT2D eigenvalue weighted by Crippen LogP contribution is -2.41. The molecule has 6 heteroatoms. The lowest BCUT2D eigenvalue weighted by Gasteiger charge is -2.22. The van der Waals surface area contributed by atoms with Gasteiger partial charge in [-0.25, -0.2) is 0 Å². The number of benzene rings is 1. The smallest absolute Gasteiger partial charge is 0.233 e. The molecule has 0 spiro atoms. The highest BCUT2D eigenvalue weighted by Crippen LogP contribution is 2.30. The van der Waals surface area contributed by atoms with Gasteiger partial charge in [-0.1, -0.05) is 23.7 Å². The highest BCUT2D eigenvalue weighted by molar-refractivity contribution is 8.00. The van der Waals surface area contributed by atoms with Crippen molar-refractivity contribution in [2.24, 2.45) is 0 Å². The van der Waals surface area contributed by atoms with Gasteiger partial charge in [0.25, 0.3) is 0 Å². The molecule has 0 radical (unpaired) electrons. The van der Waals surface area contributed by atoms with Gasteiger partial charge in [-0.05, 0) is 38.1 Å². The van der Waals surface area contributed by atoms with E-state index in [4.69, 9.17) is 16.0 Å². The molecule has 118 valence electrons. The summed E-state index contributed by atoms with van der Waals surface area (Å²) in [6.45, 7) is 3.47. The van der Waals surface area contributed by atoms with Crippen LogP contribution in [0.4, 0.5) is 0 Å². The minimum absolute atomic E-state index is 0.0762. The van der Waals surface area contributed by atoms with E-state index < -0.39 is 5.60 Å². The molecule has 22 heavy (non-hydrogen) atoms. The molecule has 0 aliphatic rings. The fourth-order valence-electron chi connectivity index (χ4n) is 1.86. The summed E-state index contributed by atoms with van der Waals surface area (Å²) in [5.74, 6) is 0.246. The zero-order valence-corrected chi connectivity index (χ0v) is 13.9. The van der Waals surface area contributed by atoms with Gasteiger partial charge in [-0.15, -0.1) is 11.8 Å². The summed E-state index contributed by atoms with van der Waals surface area (Å²) in [5.41, 5.74) is -1.24. The van der Waals surface area contributed by atoms with Crippen LogP contribution in [-0.4, -0.2) is 22.8 Å². The maximum atomic E-state index is 12.2. The molecular formula is C16H18ClNO3S. The molecule has 0 saturated heterocycles. The third-order valence-electron chi connectivity index (χ3n) is 3.17. The number of halogens is 1. The number of carbonyl (C=O) groups excluding carboxylic acids is 1. The lowest BCUT2D eigenvalue weighted by atomic mass is 10.0. The number of thioether (sulfide) groups is 1. The number of amides is 1. The van der Waals surface area contributed by atoms with Crippen LogP contribution in [0.1, 0.15) is 19.6 Å². The number of nitrogens with one attached hydrogen (secondary N) is 1. The van der Waals surface area contributed by atoms with Crippen LogP contribution in [0, 0.1) is 0 Å². The Hall–Kier alpha value is -1.43. The summed E-state index contributed by atoms with van der Waals surface area (Å²) >= 11 is 7.46. The summed E-state index contributed by atoms with van der Waals surface area (Å²) in [6.07, 6.45) is 1.49. The molecule has 0 saturated carbocycles. The summed E-state index contributed by atoms with van der Waals surface area (Å²) in [6, 6.07) is 10.7. The first-order valence-electron chi connectivity index (χ1n) is 6.85. The van der Waals surface area contributed by atoms with Crippen molar-refractivity contribution in [1.82, 2.24) is 5.32 Å². The van der Waals surface area contributed by atoms with Gasteiger partial charge >= 0.3 is 0 Å². The Morgan fingerprint density at radius 2 is 2.14 bits per heavy atom. The fourth-order valence-corrected chi connectivity index (χ4v) is 3.04. The molecule has 4 nitrogen and oxygen atoms in total. The van der Waals surface area contributed by atoms with E-state index in [1.54, 1.807) is 32.0 Å². The van der Waals surface area contributed by atoms with Gasteiger partial charge in [0.05, 0.1) is 23.1 Å². The Bertz CT molecular complexity index is 628. The first kappa shape index (κ1) is 16.9. The van der Waals surface area contributed by atoms with Gasteiger partial charge in [-0.2, -0.15) is 0 Å². The molecule has 1 heterocycles. The molecule has 1 amide bonds. The Balaban J connectivity index is 1.91. The number of rotatable bonds is 6. The Labute approximate surface area is 138 Å². The first-order valence-corrected chi connectivity index (χ1v) is 8.11. The monoisotopic (exact) mass is 339 g/mol. The normalized spacial score (nSPS) is 15.1. The van der Waals surface area contributed by atoms with Crippen LogP contribution in [0.5, 0.6) is 0 Å². The number of hydrogen-bond donors (Lipinski definition) is 2. The van der Waals surface area contributed by atoms with E-state index in [9.17, 15) is 9.90 Å². The summed E-state index contributed by atoms with van der Waals surface area (Å²) < 4.78 is 5.18. The van der Waals surface area contributed by atoms with Gasteiger partial charge in [0.2, 0.25) is 5.91 Å². The van der Waals surface area contributed by atoms with E-state index in [1.165, 1.54) is 18.0 Å². The van der Waals surface area contributed by atoms with Crippen molar-refractivity contribution < 1.29 is 14.3 Å². The van der Waals surface area contributed by atoms with Crippen molar-refractivity contribution in [3.8, 4) is 0 Å². The number of aliphatic hydroxyl groups is 1. The fraction of sp³-hybridized carbons (Fsp3) is 0.312. The molecule has 0 aliphatic carbocycles. The van der Waals surface area contributed by atoms with Crippen LogP contribution in [-0.2, 0) is 10.4 Å². The second-order valence-corrected chi connectivity index (χ2v) is 6.95. The highest BCUT2D eigenvalue weighted by Gasteiger charge is 2.27. The quantitative estimate of drug-likeness (QED) is 0.791. The van der Waals surface area contributed by atoms with Crippen LogP contribution >= 0.6 is 23.4 Å². The van der Waals surface area contributed by atoms with E-state index in [2.05, 4.69) is 5.32 Å². The SMILES string of the molecule is CC(Sc1ccccc1Cl)C(=O)NCC(C)(O)c1ccco1. The molecule has 2 N–H and O–H groups in total. The minimum Gasteiger partial charge on any atom is -0.466 e. The molecular weight excluding hydrogens is 322 g/mol. The largest absolute Gasteiger partial charge is 0.466 e. The molecule has 0 aliphatic heterocycles. The second-order valence-electron chi connectivity index (χ2n) is 5.16. The first-order chi connectivity index (χ1) is 10.4. The number of carbonyl (C=O) groups is 1. The van der Waals surface area contributed by atoms with Crippen LogP contribution < -0.4 is 5.32 Å². The van der Waals surface area contributed by atoms with Crippen LogP contribution in [0.3, 0.4) is 0 Å². The molecule has 2 atom stereocenters. The average Bonchev–Trinajstić information content (AvgIpc) is 3.02. The lowest BCUT2D eigenvalue weighted by molar-refractivity contribution is -0.121. The minimum atomic E-state index is -1.24. The standard InChI is InChI=1S/C16H18ClNO3S/c1-11(22-13-7-4-3-6-12(13)17)15(19)18-10-16(2,20)14-8-5-9-21-14/h3-9,11,20H,10H2,1-2H3,(H,18,19). The number of furan rings is 1. The Morgan fingerprint density at radius 1 is 1.41 bits per heavy atom. The molecule has 2 unspecified atom stereocenters. The molecule has 1 aromatic carbocycles. The van der Waals surface area contributed by atoms with Crippen molar-refractivity contribution in [2.75, 3.05) is 6.54 Å². The van der Waals surface area contributed by atoms with E-state index >= 15 is 0 Å². The average molecular weight is 340 g/mol. The van der Waals surface area contributed by atoms with E-state index in [-0.39, 0.29) is 17.7 Å². The zero-order chi connectivity index (χ0) is 16.2. The van der Waals surface area contributed by atoms with Crippen molar-refractivity contribution in [2.45, 2.75) is 29.6 Å². The third-order valence-corrected chi connectivity index (χ3v) is 4.79. The topological polar surface area (TPSA) is 62.5 Å². The van der Waals surface area contributed by atoms with Gasteiger partial charge < -0.3 is 14.8 Å². The molecule has 2 rings (SSSR count). The number of hydrogen-bond acceptors (Lipinski definition) is 4. The summed E-state index contributed by atoms with van der Waals surface area (Å²) in [4.78, 5) is 13.0. The van der Waals surface area contributed by atoms with Gasteiger partial charge in [0.15, 0.2) is 0 Å². The van der Waals surface area contributed by atoms with Crippen LogP contribution in [0.25, 0.3) is 0 Å².